The van der Waals surface area contributed by atoms with E-state index in [0.717, 1.165) is 6.92 Å². The highest BCUT2D eigenvalue weighted by Crippen LogP contribution is 2.34. The van der Waals surface area contributed by atoms with E-state index < -0.39 is 5.92 Å². The molecule has 1 aromatic heterocycles. The maximum Gasteiger partial charge on any atom is 0.271 e. The van der Waals surface area contributed by atoms with Gasteiger partial charge in [0.25, 0.3) is 5.92 Å². The van der Waals surface area contributed by atoms with Crippen LogP contribution >= 0.6 is 34.8 Å². The highest BCUT2D eigenvalue weighted by molar-refractivity contribution is 6.30. The molecule has 0 aliphatic heterocycles. The molecular weight excluding hydrogens is 457 g/mol. The third-order valence-corrected chi connectivity index (χ3v) is 4.42. The van der Waals surface area contributed by atoms with E-state index in [-0.39, 0.29) is 23.5 Å². The normalized spacial score (nSPS) is 12.3. The molecule has 0 unspecified atom stereocenters. The minimum atomic E-state index is -3.08. The molecule has 0 saturated carbocycles. The second-order valence-electron chi connectivity index (χ2n) is 6.18. The molecule has 4 nitrogen and oxygen atoms in total. The van der Waals surface area contributed by atoms with E-state index in [1.165, 1.54) is 23.3 Å². The Morgan fingerprint density at radius 1 is 1.20 bits per heavy atom. The van der Waals surface area contributed by atoms with E-state index in [4.69, 9.17) is 39.5 Å². The number of ether oxygens (including phenoxy) is 1. The van der Waals surface area contributed by atoms with E-state index in [9.17, 15) is 8.78 Å². The summed E-state index contributed by atoms with van der Waals surface area (Å²) in [7, 11) is 1.75. The van der Waals surface area contributed by atoms with Gasteiger partial charge in [0.05, 0.1) is 0 Å². The first-order valence-electron chi connectivity index (χ1n) is 8.50. The van der Waals surface area contributed by atoms with Gasteiger partial charge in [-0.15, -0.1) is 0 Å². The molecule has 2 aromatic rings. The lowest BCUT2D eigenvalue weighted by Gasteiger charge is -2.24. The number of nitrogens with zero attached hydrogens (tertiary/aromatic N) is 2. The molecule has 1 aromatic carbocycles. The molecule has 30 heavy (non-hydrogen) atoms. The van der Waals surface area contributed by atoms with Crippen LogP contribution in [0, 0.1) is 0 Å². The molecule has 0 saturated heterocycles. The minimum absolute atomic E-state index is 0. The number of hydrogen-bond acceptors (Lipinski definition) is 3. The van der Waals surface area contributed by atoms with Gasteiger partial charge in [-0.05, 0) is 48.1 Å². The third-order valence-electron chi connectivity index (χ3n) is 3.89. The highest BCUT2D eigenvalue weighted by atomic mass is 35.5. The summed E-state index contributed by atoms with van der Waals surface area (Å²) in [6, 6.07) is 7.80. The summed E-state index contributed by atoms with van der Waals surface area (Å²) in [5.41, 5.74) is 3.54. The lowest BCUT2D eigenvalue weighted by Crippen LogP contribution is -2.20. The second-order valence-corrected chi connectivity index (χ2v) is 7.12. The topological polar surface area (TPSA) is 56.9 Å². The second kappa shape index (κ2) is 11.9. The Balaban J connectivity index is 0.00000450. The Morgan fingerprint density at radius 3 is 2.43 bits per heavy atom. The summed E-state index contributed by atoms with van der Waals surface area (Å²) >= 11 is 17.1. The van der Waals surface area contributed by atoms with E-state index >= 15 is 0 Å². The predicted octanol–water partition coefficient (Wildman–Crippen LogP) is 6.64. The maximum absolute atomic E-state index is 14.3. The summed E-state index contributed by atoms with van der Waals surface area (Å²) < 4.78 is 34.2. The average molecular weight is 478 g/mol. The van der Waals surface area contributed by atoms with Crippen LogP contribution in [0.2, 0.25) is 5.02 Å². The molecule has 9 heteroatoms. The fourth-order valence-electron chi connectivity index (χ4n) is 2.53. The van der Waals surface area contributed by atoms with Gasteiger partial charge in [0, 0.05) is 60.1 Å². The van der Waals surface area contributed by atoms with Crippen LogP contribution < -0.4 is 4.74 Å². The molecule has 0 radical (unpaired) electrons. The Hall–Kier alpha value is -2.12. The molecular formula is C21H21Cl3F2N2O2. The minimum Gasteiger partial charge on any atom is -0.439 e. The van der Waals surface area contributed by atoms with Crippen LogP contribution in [0.5, 0.6) is 11.6 Å². The van der Waals surface area contributed by atoms with Crippen molar-refractivity contribution in [2.24, 2.45) is 0 Å². The van der Waals surface area contributed by atoms with Crippen molar-refractivity contribution >= 4 is 34.8 Å². The molecule has 0 spiro atoms. The first-order chi connectivity index (χ1) is 13.7. The molecule has 0 amide bonds. The van der Waals surface area contributed by atoms with Crippen molar-refractivity contribution < 1.29 is 19.0 Å². The Kier molecular flexibility index (Phi) is 10.3. The van der Waals surface area contributed by atoms with E-state index in [0.29, 0.717) is 22.0 Å². The number of hydrogen-bond donors (Lipinski definition) is 0. The van der Waals surface area contributed by atoms with Crippen molar-refractivity contribution in [3.05, 3.63) is 87.7 Å². The van der Waals surface area contributed by atoms with Crippen LogP contribution in [-0.2, 0) is 12.5 Å². The van der Waals surface area contributed by atoms with Gasteiger partial charge in [-0.3, -0.25) is 0 Å². The van der Waals surface area contributed by atoms with Crippen molar-refractivity contribution in [3.8, 4) is 11.6 Å². The van der Waals surface area contributed by atoms with Gasteiger partial charge in [-0.2, -0.15) is 0 Å². The number of aromatic nitrogens is 1. The van der Waals surface area contributed by atoms with Crippen LogP contribution in [0.25, 0.3) is 0 Å². The Labute approximate surface area is 189 Å². The Morgan fingerprint density at radius 2 is 1.87 bits per heavy atom. The van der Waals surface area contributed by atoms with Crippen molar-refractivity contribution in [2.45, 2.75) is 19.4 Å². The number of pyridine rings is 1. The van der Waals surface area contributed by atoms with E-state index in [1.807, 2.05) is 0 Å². The average Bonchev–Trinajstić information content (AvgIpc) is 2.67. The van der Waals surface area contributed by atoms with Gasteiger partial charge in [0.15, 0.2) is 0 Å². The monoisotopic (exact) mass is 476 g/mol. The third kappa shape index (κ3) is 7.61. The van der Waals surface area contributed by atoms with Crippen LogP contribution in [0.15, 0.2) is 71.5 Å². The standard InChI is InChI=1S/C21H19Cl3F2N2O.H2O/c1-21(25,26)19-12-20(29-18-7-5-16(24)6-8-18)27-13-15(19)14-28(2)17(9-11-23)4-3-10-22;/h3-13H,14H2,1-2H3;1H2/b10-3+,11-9+,17-4+;. The molecule has 0 bridgehead atoms. The number of alkyl halides is 2. The lowest BCUT2D eigenvalue weighted by atomic mass is 10.0. The summed E-state index contributed by atoms with van der Waals surface area (Å²) in [6.07, 6.45) is 6.34. The van der Waals surface area contributed by atoms with Gasteiger partial charge in [-0.25, -0.2) is 13.8 Å². The quantitative estimate of drug-likeness (QED) is 0.401. The van der Waals surface area contributed by atoms with Crippen molar-refractivity contribution in [1.82, 2.24) is 9.88 Å². The molecule has 1 heterocycles. The molecule has 0 aliphatic carbocycles. The molecule has 0 atom stereocenters. The SMILES string of the molecule is CN(Cc1cnc(Oc2ccc(Cl)cc2)cc1C(C)(F)F)C(/C=C/Cl)=C/C=C/Cl.O. The Bertz CT molecular complexity index is 911. The highest BCUT2D eigenvalue weighted by Gasteiger charge is 2.29. The van der Waals surface area contributed by atoms with Crippen LogP contribution in [0.4, 0.5) is 8.78 Å². The summed E-state index contributed by atoms with van der Waals surface area (Å²) in [5, 5.41) is 0.545. The number of rotatable bonds is 8. The van der Waals surface area contributed by atoms with Gasteiger partial charge in [-0.1, -0.05) is 34.8 Å². The number of benzene rings is 1. The molecule has 0 aliphatic rings. The van der Waals surface area contributed by atoms with Gasteiger partial charge in [0.1, 0.15) is 5.75 Å². The van der Waals surface area contributed by atoms with Crippen LogP contribution in [0.3, 0.4) is 0 Å². The van der Waals surface area contributed by atoms with Gasteiger partial charge < -0.3 is 15.1 Å². The summed E-state index contributed by atoms with van der Waals surface area (Å²) in [6.45, 7) is 1.01. The van der Waals surface area contributed by atoms with E-state index in [2.05, 4.69) is 4.98 Å². The van der Waals surface area contributed by atoms with Crippen LogP contribution in [-0.4, -0.2) is 22.4 Å². The zero-order chi connectivity index (χ0) is 21.4. The number of likely N-dealkylation sites (N-methyl/N-ethyl adjacent to an activating group) is 1. The van der Waals surface area contributed by atoms with Crippen molar-refractivity contribution in [3.63, 3.8) is 0 Å². The molecule has 0 fully saturated rings. The number of halogens is 5. The smallest absolute Gasteiger partial charge is 0.271 e. The van der Waals surface area contributed by atoms with Crippen LogP contribution in [0.1, 0.15) is 18.1 Å². The van der Waals surface area contributed by atoms with Crippen molar-refractivity contribution in [1.29, 1.82) is 0 Å². The molecule has 2 N–H and O–H groups in total. The van der Waals surface area contributed by atoms with Gasteiger partial charge >= 0.3 is 0 Å². The fourth-order valence-corrected chi connectivity index (χ4v) is 2.86. The first kappa shape index (κ1) is 25.9. The summed E-state index contributed by atoms with van der Waals surface area (Å²) in [4.78, 5) is 5.93. The molecule has 2 rings (SSSR count). The van der Waals surface area contributed by atoms with Crippen molar-refractivity contribution in [2.75, 3.05) is 7.05 Å². The van der Waals surface area contributed by atoms with Gasteiger partial charge in [0.2, 0.25) is 5.88 Å². The largest absolute Gasteiger partial charge is 0.439 e. The predicted molar refractivity (Wildman–Crippen MR) is 118 cm³/mol. The zero-order valence-corrected chi connectivity index (χ0v) is 18.5. The fraction of sp³-hybridized carbons (Fsp3) is 0.190. The lowest BCUT2D eigenvalue weighted by molar-refractivity contribution is 0.0158. The summed E-state index contributed by atoms with van der Waals surface area (Å²) in [5.74, 6) is -2.57. The number of allylic oxidation sites excluding steroid dienone is 3. The maximum atomic E-state index is 14.3. The molecule has 162 valence electrons. The van der Waals surface area contributed by atoms with E-state index in [1.54, 1.807) is 54.4 Å². The first-order valence-corrected chi connectivity index (χ1v) is 9.75. The zero-order valence-electron chi connectivity index (χ0n) is 16.3.